The molecule has 1 aromatic carbocycles. The lowest BCUT2D eigenvalue weighted by Gasteiger charge is -2.17. The lowest BCUT2D eigenvalue weighted by molar-refractivity contribution is -0.137. The minimum absolute atomic E-state index is 0.00736. The Morgan fingerprint density at radius 1 is 1.22 bits per heavy atom. The largest absolute Gasteiger partial charge is 0.493 e. The van der Waals surface area contributed by atoms with Gasteiger partial charge in [0.25, 0.3) is 0 Å². The van der Waals surface area contributed by atoms with Gasteiger partial charge < -0.3 is 19.5 Å². The van der Waals surface area contributed by atoms with E-state index in [0.717, 1.165) is 6.07 Å². The standard InChI is InChI=1S/C10H12BF3O4/c1-3-18-9-4-6(10(12,13)14)7(11(15)16)5-8(9)17-2/h4-5,15-16H,3H2,1-2H3. The fourth-order valence-corrected chi connectivity index (χ4v) is 1.46. The first-order valence-electron chi connectivity index (χ1n) is 5.09. The Hall–Kier alpha value is -1.41. The normalized spacial score (nSPS) is 11.3. The molecule has 0 aliphatic carbocycles. The van der Waals surface area contributed by atoms with Gasteiger partial charge in [-0.15, -0.1) is 0 Å². The van der Waals surface area contributed by atoms with Crippen molar-refractivity contribution in [2.45, 2.75) is 13.1 Å². The summed E-state index contributed by atoms with van der Waals surface area (Å²) in [5.41, 5.74) is -1.84. The predicted molar refractivity (Wildman–Crippen MR) is 59.0 cm³/mol. The lowest BCUT2D eigenvalue weighted by atomic mass is 9.76. The molecule has 0 unspecified atom stereocenters. The number of ether oxygens (including phenoxy) is 2. The first-order chi connectivity index (χ1) is 8.31. The SMILES string of the molecule is CCOc1cc(C(F)(F)F)c(B(O)O)cc1OC. The van der Waals surface area contributed by atoms with E-state index in [-0.39, 0.29) is 18.1 Å². The Kier molecular flexibility index (Phi) is 4.47. The molecule has 0 bridgehead atoms. The van der Waals surface area contributed by atoms with Crippen molar-refractivity contribution in [3.8, 4) is 11.5 Å². The quantitative estimate of drug-likeness (QED) is 0.789. The van der Waals surface area contributed by atoms with Crippen LogP contribution in [-0.4, -0.2) is 30.9 Å². The third kappa shape index (κ3) is 3.08. The van der Waals surface area contributed by atoms with Crippen molar-refractivity contribution in [3.63, 3.8) is 0 Å². The molecule has 0 saturated heterocycles. The Bertz CT molecular complexity index is 420. The number of rotatable bonds is 4. The van der Waals surface area contributed by atoms with Crippen molar-refractivity contribution < 1.29 is 32.7 Å². The molecule has 0 heterocycles. The molecule has 0 amide bonds. The third-order valence-corrected chi connectivity index (χ3v) is 2.22. The molecule has 0 saturated carbocycles. The van der Waals surface area contributed by atoms with Gasteiger partial charge in [0, 0.05) is 0 Å². The van der Waals surface area contributed by atoms with E-state index in [2.05, 4.69) is 0 Å². The van der Waals surface area contributed by atoms with E-state index < -0.39 is 24.3 Å². The highest BCUT2D eigenvalue weighted by Gasteiger charge is 2.37. The molecular weight excluding hydrogens is 252 g/mol. The fourth-order valence-electron chi connectivity index (χ4n) is 1.46. The summed E-state index contributed by atoms with van der Waals surface area (Å²) in [6.07, 6.45) is -4.71. The summed E-state index contributed by atoms with van der Waals surface area (Å²) in [6, 6.07) is 1.59. The average molecular weight is 264 g/mol. The topological polar surface area (TPSA) is 58.9 Å². The lowest BCUT2D eigenvalue weighted by Crippen LogP contribution is -2.36. The molecule has 0 aromatic heterocycles. The van der Waals surface area contributed by atoms with Gasteiger partial charge in [-0.25, -0.2) is 0 Å². The Morgan fingerprint density at radius 2 is 1.83 bits per heavy atom. The third-order valence-electron chi connectivity index (χ3n) is 2.22. The molecule has 18 heavy (non-hydrogen) atoms. The molecule has 2 N–H and O–H groups in total. The second-order valence-corrected chi connectivity index (χ2v) is 3.39. The fraction of sp³-hybridized carbons (Fsp3) is 0.400. The van der Waals surface area contributed by atoms with Crippen LogP contribution in [0.4, 0.5) is 13.2 Å². The van der Waals surface area contributed by atoms with E-state index in [1.165, 1.54) is 7.11 Å². The molecule has 8 heteroatoms. The van der Waals surface area contributed by atoms with Crippen LogP contribution >= 0.6 is 0 Å². The zero-order chi connectivity index (χ0) is 13.9. The molecule has 1 rings (SSSR count). The van der Waals surface area contributed by atoms with Crippen LogP contribution in [0, 0.1) is 0 Å². The van der Waals surface area contributed by atoms with Crippen LogP contribution in [0.5, 0.6) is 11.5 Å². The van der Waals surface area contributed by atoms with E-state index in [1.807, 2.05) is 0 Å². The first kappa shape index (κ1) is 14.7. The van der Waals surface area contributed by atoms with Crippen LogP contribution in [0.15, 0.2) is 12.1 Å². The summed E-state index contributed by atoms with van der Waals surface area (Å²) in [5, 5.41) is 17.9. The van der Waals surface area contributed by atoms with Crippen molar-refractivity contribution >= 4 is 12.6 Å². The highest BCUT2D eigenvalue weighted by Crippen LogP contribution is 2.35. The number of methoxy groups -OCH3 is 1. The maximum Gasteiger partial charge on any atom is 0.489 e. The highest BCUT2D eigenvalue weighted by atomic mass is 19.4. The van der Waals surface area contributed by atoms with Crippen molar-refractivity contribution in [1.82, 2.24) is 0 Å². The van der Waals surface area contributed by atoms with Gasteiger partial charge in [0.05, 0.1) is 19.3 Å². The zero-order valence-electron chi connectivity index (χ0n) is 9.78. The van der Waals surface area contributed by atoms with Gasteiger partial charge in [-0.3, -0.25) is 0 Å². The maximum absolute atomic E-state index is 12.7. The van der Waals surface area contributed by atoms with Crippen molar-refractivity contribution in [2.24, 2.45) is 0 Å². The minimum Gasteiger partial charge on any atom is -0.493 e. The number of halogens is 3. The molecule has 0 fully saturated rings. The van der Waals surface area contributed by atoms with Gasteiger partial charge in [-0.05, 0) is 24.5 Å². The number of alkyl halides is 3. The average Bonchev–Trinajstić information content (AvgIpc) is 2.27. The summed E-state index contributed by atoms with van der Waals surface area (Å²) in [5.74, 6) is -0.0929. The number of benzene rings is 1. The number of hydrogen-bond donors (Lipinski definition) is 2. The number of hydrogen-bond acceptors (Lipinski definition) is 4. The summed E-state index contributed by atoms with van der Waals surface area (Å²) >= 11 is 0. The van der Waals surface area contributed by atoms with E-state index in [0.29, 0.717) is 6.07 Å². The second-order valence-electron chi connectivity index (χ2n) is 3.39. The molecule has 4 nitrogen and oxygen atoms in total. The first-order valence-corrected chi connectivity index (χ1v) is 5.09. The van der Waals surface area contributed by atoms with E-state index in [1.54, 1.807) is 6.92 Å². The van der Waals surface area contributed by atoms with Gasteiger partial charge in [0.15, 0.2) is 11.5 Å². The molecule has 0 spiro atoms. The van der Waals surface area contributed by atoms with Crippen LogP contribution in [0.2, 0.25) is 0 Å². The van der Waals surface area contributed by atoms with Gasteiger partial charge in [0.1, 0.15) is 0 Å². The van der Waals surface area contributed by atoms with Crippen LogP contribution in [0.3, 0.4) is 0 Å². The Labute approximate surface area is 102 Å². The second kappa shape index (κ2) is 5.49. The van der Waals surface area contributed by atoms with Gasteiger partial charge in [-0.2, -0.15) is 13.2 Å². The van der Waals surface area contributed by atoms with Gasteiger partial charge >= 0.3 is 13.3 Å². The van der Waals surface area contributed by atoms with Crippen molar-refractivity contribution in [1.29, 1.82) is 0 Å². The minimum atomic E-state index is -4.71. The molecule has 1 aromatic rings. The summed E-state index contributed by atoms with van der Waals surface area (Å²) in [7, 11) is -0.996. The maximum atomic E-state index is 12.7. The van der Waals surface area contributed by atoms with Crippen LogP contribution < -0.4 is 14.9 Å². The van der Waals surface area contributed by atoms with Gasteiger partial charge in [-0.1, -0.05) is 0 Å². The van der Waals surface area contributed by atoms with Gasteiger partial charge in [0.2, 0.25) is 0 Å². The summed E-state index contributed by atoms with van der Waals surface area (Å²) in [4.78, 5) is 0. The van der Waals surface area contributed by atoms with E-state index in [4.69, 9.17) is 19.5 Å². The molecular formula is C10H12BF3O4. The molecule has 100 valence electrons. The zero-order valence-corrected chi connectivity index (χ0v) is 9.78. The van der Waals surface area contributed by atoms with Crippen molar-refractivity contribution in [2.75, 3.05) is 13.7 Å². The highest BCUT2D eigenvalue weighted by molar-refractivity contribution is 6.59. The smallest absolute Gasteiger partial charge is 0.489 e. The summed E-state index contributed by atoms with van der Waals surface area (Å²) < 4.78 is 48.1. The summed E-state index contributed by atoms with van der Waals surface area (Å²) in [6.45, 7) is 1.77. The van der Waals surface area contributed by atoms with E-state index >= 15 is 0 Å². The Morgan fingerprint density at radius 3 is 2.22 bits per heavy atom. The predicted octanol–water partition coefficient (Wildman–Crippen LogP) is 0.792. The van der Waals surface area contributed by atoms with E-state index in [9.17, 15) is 13.2 Å². The molecule has 0 aliphatic rings. The van der Waals surface area contributed by atoms with Crippen LogP contribution in [-0.2, 0) is 6.18 Å². The monoisotopic (exact) mass is 264 g/mol. The van der Waals surface area contributed by atoms with Crippen LogP contribution in [0.1, 0.15) is 12.5 Å². The molecule has 0 aliphatic heterocycles. The van der Waals surface area contributed by atoms with Crippen molar-refractivity contribution in [3.05, 3.63) is 17.7 Å². The van der Waals surface area contributed by atoms with Crippen LogP contribution in [0.25, 0.3) is 0 Å². The Balaban J connectivity index is 3.42. The molecule has 0 atom stereocenters. The molecule has 0 radical (unpaired) electrons.